The summed E-state index contributed by atoms with van der Waals surface area (Å²) in [6, 6.07) is 22.5. The van der Waals surface area contributed by atoms with Gasteiger partial charge in [0.25, 0.3) is 5.91 Å². The van der Waals surface area contributed by atoms with Gasteiger partial charge in [-0.1, -0.05) is 48.0 Å². The topological polar surface area (TPSA) is 38.8 Å². The molecule has 0 unspecified atom stereocenters. The van der Waals surface area contributed by atoms with E-state index >= 15 is 0 Å². The Morgan fingerprint density at radius 2 is 1.79 bits per heavy atom. The first-order valence-corrected chi connectivity index (χ1v) is 9.29. The molecule has 0 aromatic heterocycles. The van der Waals surface area contributed by atoms with E-state index < -0.39 is 0 Å². The molecule has 0 aliphatic rings. The van der Waals surface area contributed by atoms with Crippen molar-refractivity contribution >= 4 is 17.5 Å². The number of nitrogens with zero attached hydrogens (tertiary/aromatic N) is 1. The molecule has 3 rings (SSSR count). The highest BCUT2D eigenvalue weighted by Crippen LogP contribution is 2.24. The van der Waals surface area contributed by atoms with Gasteiger partial charge in [-0.2, -0.15) is 0 Å². The van der Waals surface area contributed by atoms with Crippen LogP contribution in [0.5, 0.6) is 11.5 Å². The van der Waals surface area contributed by atoms with Crippen LogP contribution < -0.4 is 9.47 Å². The number of benzene rings is 3. The number of ether oxygens (including phenoxy) is 2. The zero-order chi connectivity index (χ0) is 19.9. The molecule has 0 fully saturated rings. The number of carbonyl (C=O) groups is 1. The van der Waals surface area contributed by atoms with Crippen molar-refractivity contribution in [3.8, 4) is 11.5 Å². The Kier molecular flexibility index (Phi) is 6.56. The Balaban J connectivity index is 1.74. The van der Waals surface area contributed by atoms with E-state index in [-0.39, 0.29) is 12.5 Å². The van der Waals surface area contributed by atoms with Gasteiger partial charge in [0.2, 0.25) is 0 Å². The first-order valence-electron chi connectivity index (χ1n) is 8.91. The molecule has 1 amide bonds. The summed E-state index contributed by atoms with van der Waals surface area (Å²) in [6.07, 6.45) is 0. The van der Waals surface area contributed by atoms with E-state index in [2.05, 4.69) is 0 Å². The van der Waals surface area contributed by atoms with Crippen molar-refractivity contribution in [2.45, 2.75) is 13.2 Å². The van der Waals surface area contributed by atoms with Crippen LogP contribution in [-0.4, -0.2) is 25.0 Å². The molecular weight excluding hydrogens is 374 g/mol. The Morgan fingerprint density at radius 3 is 2.50 bits per heavy atom. The second-order valence-electron chi connectivity index (χ2n) is 6.42. The fourth-order valence-electron chi connectivity index (χ4n) is 2.89. The summed E-state index contributed by atoms with van der Waals surface area (Å²) in [5, 5.41) is 0.607. The minimum absolute atomic E-state index is 0.0597. The summed E-state index contributed by atoms with van der Waals surface area (Å²) in [6.45, 7) is 0.813. The fourth-order valence-corrected chi connectivity index (χ4v) is 3.07. The molecule has 0 saturated heterocycles. The first-order chi connectivity index (χ1) is 13.6. The smallest absolute Gasteiger partial charge is 0.253 e. The van der Waals surface area contributed by atoms with Gasteiger partial charge in [-0.05, 0) is 42.0 Å². The number of methoxy groups -OCH3 is 1. The second-order valence-corrected chi connectivity index (χ2v) is 6.86. The van der Waals surface area contributed by atoms with Crippen molar-refractivity contribution in [1.29, 1.82) is 0 Å². The molecule has 0 aliphatic carbocycles. The molecular formula is C23H22ClNO3. The summed E-state index contributed by atoms with van der Waals surface area (Å²) >= 11 is 6.00. The average molecular weight is 396 g/mol. The second kappa shape index (κ2) is 9.29. The first kappa shape index (κ1) is 19.8. The van der Waals surface area contributed by atoms with Gasteiger partial charge in [0, 0.05) is 29.7 Å². The molecule has 4 nitrogen and oxygen atoms in total. The van der Waals surface area contributed by atoms with Gasteiger partial charge >= 0.3 is 0 Å². The highest BCUT2D eigenvalue weighted by atomic mass is 35.5. The number of carbonyl (C=O) groups excluding carboxylic acids is 1. The maximum absolute atomic E-state index is 12.8. The SMILES string of the molecule is COc1ccc(C(=O)N(C)Cc2ccccc2)cc1COc1cccc(Cl)c1. The van der Waals surface area contributed by atoms with Gasteiger partial charge in [0.1, 0.15) is 18.1 Å². The minimum Gasteiger partial charge on any atom is -0.496 e. The molecule has 28 heavy (non-hydrogen) atoms. The predicted molar refractivity (Wildman–Crippen MR) is 111 cm³/mol. The van der Waals surface area contributed by atoms with Crippen molar-refractivity contribution in [2.75, 3.05) is 14.2 Å². The molecule has 0 aliphatic heterocycles. The van der Waals surface area contributed by atoms with Gasteiger partial charge in [-0.25, -0.2) is 0 Å². The quantitative estimate of drug-likeness (QED) is 0.552. The van der Waals surface area contributed by atoms with Crippen LogP contribution in [-0.2, 0) is 13.2 Å². The summed E-state index contributed by atoms with van der Waals surface area (Å²) in [7, 11) is 3.39. The Morgan fingerprint density at radius 1 is 1.00 bits per heavy atom. The van der Waals surface area contributed by atoms with Crippen molar-refractivity contribution in [1.82, 2.24) is 4.90 Å². The van der Waals surface area contributed by atoms with Crippen LogP contribution in [0.15, 0.2) is 72.8 Å². The third kappa shape index (κ3) is 5.05. The minimum atomic E-state index is -0.0597. The van der Waals surface area contributed by atoms with Crippen LogP contribution in [0.2, 0.25) is 5.02 Å². The van der Waals surface area contributed by atoms with E-state index in [1.54, 1.807) is 43.3 Å². The lowest BCUT2D eigenvalue weighted by atomic mass is 10.1. The third-order valence-corrected chi connectivity index (χ3v) is 4.56. The van der Waals surface area contributed by atoms with Crippen molar-refractivity contribution < 1.29 is 14.3 Å². The molecule has 0 spiro atoms. The molecule has 5 heteroatoms. The highest BCUT2D eigenvalue weighted by molar-refractivity contribution is 6.30. The predicted octanol–water partition coefficient (Wildman–Crippen LogP) is 5.20. The zero-order valence-electron chi connectivity index (χ0n) is 15.9. The summed E-state index contributed by atoms with van der Waals surface area (Å²) in [5.41, 5.74) is 2.46. The van der Waals surface area contributed by atoms with Crippen molar-refractivity contribution in [2.24, 2.45) is 0 Å². The van der Waals surface area contributed by atoms with Gasteiger partial charge in [-0.15, -0.1) is 0 Å². The molecule has 3 aromatic rings. The van der Waals surface area contributed by atoms with E-state index in [0.29, 0.717) is 28.6 Å². The lowest BCUT2D eigenvalue weighted by Gasteiger charge is -2.18. The Labute approximate surface area is 170 Å². The molecule has 0 N–H and O–H groups in total. The van der Waals surface area contributed by atoms with Crippen LogP contribution in [0.25, 0.3) is 0 Å². The van der Waals surface area contributed by atoms with E-state index in [1.807, 2.05) is 48.5 Å². The molecule has 0 heterocycles. The Hall–Kier alpha value is -2.98. The molecule has 0 saturated carbocycles. The lowest BCUT2D eigenvalue weighted by Crippen LogP contribution is -2.26. The molecule has 0 bridgehead atoms. The largest absolute Gasteiger partial charge is 0.496 e. The van der Waals surface area contributed by atoms with E-state index in [4.69, 9.17) is 21.1 Å². The van der Waals surface area contributed by atoms with Gasteiger partial charge in [0.05, 0.1) is 7.11 Å². The summed E-state index contributed by atoms with van der Waals surface area (Å²) in [5.74, 6) is 1.27. The third-order valence-electron chi connectivity index (χ3n) is 4.33. The lowest BCUT2D eigenvalue weighted by molar-refractivity contribution is 0.0785. The molecule has 3 aromatic carbocycles. The van der Waals surface area contributed by atoms with Crippen LogP contribution in [0.1, 0.15) is 21.5 Å². The number of rotatable bonds is 7. The zero-order valence-corrected chi connectivity index (χ0v) is 16.6. The standard InChI is InChI=1S/C23H22ClNO3/c1-25(15-17-7-4-3-5-8-17)23(26)18-11-12-22(27-2)19(13-18)16-28-21-10-6-9-20(24)14-21/h3-14H,15-16H2,1-2H3. The van der Waals surface area contributed by atoms with Gasteiger partial charge in [-0.3, -0.25) is 4.79 Å². The maximum Gasteiger partial charge on any atom is 0.253 e. The fraction of sp³-hybridized carbons (Fsp3) is 0.174. The van der Waals surface area contributed by atoms with Crippen molar-refractivity contribution in [3.63, 3.8) is 0 Å². The van der Waals surface area contributed by atoms with Crippen LogP contribution >= 0.6 is 11.6 Å². The Bertz CT molecular complexity index is 944. The number of hydrogen-bond acceptors (Lipinski definition) is 3. The van der Waals surface area contributed by atoms with Crippen LogP contribution in [0, 0.1) is 0 Å². The normalized spacial score (nSPS) is 10.4. The highest BCUT2D eigenvalue weighted by Gasteiger charge is 2.15. The van der Waals surface area contributed by atoms with E-state index in [9.17, 15) is 4.79 Å². The van der Waals surface area contributed by atoms with E-state index in [0.717, 1.165) is 11.1 Å². The van der Waals surface area contributed by atoms with Crippen molar-refractivity contribution in [3.05, 3.63) is 94.5 Å². The summed E-state index contributed by atoms with van der Waals surface area (Å²) < 4.78 is 11.2. The van der Waals surface area contributed by atoms with Crippen LogP contribution in [0.3, 0.4) is 0 Å². The number of amides is 1. The molecule has 0 atom stereocenters. The molecule has 144 valence electrons. The molecule has 0 radical (unpaired) electrons. The monoisotopic (exact) mass is 395 g/mol. The summed E-state index contributed by atoms with van der Waals surface area (Å²) in [4.78, 5) is 14.5. The van der Waals surface area contributed by atoms with Gasteiger partial charge in [0.15, 0.2) is 0 Å². The van der Waals surface area contributed by atoms with E-state index in [1.165, 1.54) is 0 Å². The number of hydrogen-bond donors (Lipinski definition) is 0. The maximum atomic E-state index is 12.8. The van der Waals surface area contributed by atoms with Gasteiger partial charge < -0.3 is 14.4 Å². The van der Waals surface area contributed by atoms with Crippen LogP contribution in [0.4, 0.5) is 0 Å². The average Bonchev–Trinajstić information content (AvgIpc) is 2.72. The number of halogens is 1.